The smallest absolute Gasteiger partial charge is 0.269 e. The van der Waals surface area contributed by atoms with Crippen molar-refractivity contribution in [2.45, 2.75) is 32.0 Å². The largest absolute Gasteiger partial charge is 0.467 e. The van der Waals surface area contributed by atoms with Crippen LogP contribution < -0.4 is 5.32 Å². The van der Waals surface area contributed by atoms with E-state index in [2.05, 4.69) is 5.32 Å². The van der Waals surface area contributed by atoms with Gasteiger partial charge < -0.3 is 14.8 Å². The molecule has 0 unspecified atom stereocenters. The standard InChI is InChI=1S/C15H18N2O4/c1-15(2,14(18)13-7-4-8-21-13)16-10-11-5-3-6-12(9-11)17(19)20/h3-9,14,16,18H,10H2,1-2H3/t14-/m0/s1. The molecule has 0 spiro atoms. The number of non-ortho nitro benzene ring substituents is 1. The maximum atomic E-state index is 10.8. The van der Waals surface area contributed by atoms with E-state index >= 15 is 0 Å². The fourth-order valence-electron chi connectivity index (χ4n) is 2.01. The molecule has 21 heavy (non-hydrogen) atoms. The van der Waals surface area contributed by atoms with E-state index in [9.17, 15) is 15.2 Å². The highest BCUT2D eigenvalue weighted by atomic mass is 16.6. The van der Waals surface area contributed by atoms with Gasteiger partial charge in [-0.2, -0.15) is 0 Å². The summed E-state index contributed by atoms with van der Waals surface area (Å²) in [6.45, 7) is 4.10. The van der Waals surface area contributed by atoms with Crippen LogP contribution in [0.15, 0.2) is 47.1 Å². The maximum absolute atomic E-state index is 10.8. The van der Waals surface area contributed by atoms with Crippen molar-refractivity contribution >= 4 is 5.69 Å². The summed E-state index contributed by atoms with van der Waals surface area (Å²) in [5.41, 5.74) is 0.199. The summed E-state index contributed by atoms with van der Waals surface area (Å²) in [6.07, 6.45) is 0.695. The lowest BCUT2D eigenvalue weighted by Gasteiger charge is -2.30. The Morgan fingerprint density at radius 1 is 1.38 bits per heavy atom. The van der Waals surface area contributed by atoms with Crippen molar-refractivity contribution in [2.75, 3.05) is 0 Å². The fraction of sp³-hybridized carbons (Fsp3) is 0.333. The Morgan fingerprint density at radius 3 is 2.76 bits per heavy atom. The second kappa shape index (κ2) is 6.07. The summed E-state index contributed by atoms with van der Waals surface area (Å²) in [7, 11) is 0. The van der Waals surface area contributed by atoms with Crippen molar-refractivity contribution in [2.24, 2.45) is 0 Å². The molecule has 0 saturated carbocycles. The Labute approximate surface area is 122 Å². The molecule has 0 saturated heterocycles. The summed E-state index contributed by atoms with van der Waals surface area (Å²) < 4.78 is 5.20. The maximum Gasteiger partial charge on any atom is 0.269 e. The van der Waals surface area contributed by atoms with E-state index in [1.165, 1.54) is 18.4 Å². The molecule has 0 bridgehead atoms. The van der Waals surface area contributed by atoms with Crippen molar-refractivity contribution in [1.29, 1.82) is 0 Å². The van der Waals surface area contributed by atoms with E-state index in [1.807, 2.05) is 13.8 Å². The predicted octanol–water partition coefficient (Wildman–Crippen LogP) is 2.79. The van der Waals surface area contributed by atoms with Crippen molar-refractivity contribution in [3.8, 4) is 0 Å². The van der Waals surface area contributed by atoms with Crippen molar-refractivity contribution in [1.82, 2.24) is 5.32 Å². The van der Waals surface area contributed by atoms with Gasteiger partial charge >= 0.3 is 0 Å². The first-order valence-corrected chi connectivity index (χ1v) is 6.60. The van der Waals surface area contributed by atoms with Gasteiger partial charge in [0.05, 0.1) is 11.2 Å². The lowest BCUT2D eigenvalue weighted by Crippen LogP contribution is -2.44. The van der Waals surface area contributed by atoms with Gasteiger partial charge in [-0.15, -0.1) is 0 Å². The summed E-state index contributed by atoms with van der Waals surface area (Å²) >= 11 is 0. The monoisotopic (exact) mass is 290 g/mol. The molecular formula is C15H18N2O4. The second-order valence-corrected chi connectivity index (χ2v) is 5.42. The number of rotatable bonds is 6. The molecule has 0 radical (unpaired) electrons. The van der Waals surface area contributed by atoms with E-state index in [-0.39, 0.29) is 5.69 Å². The van der Waals surface area contributed by atoms with Gasteiger partial charge in [0.1, 0.15) is 11.9 Å². The molecule has 0 aliphatic rings. The Hall–Kier alpha value is -2.18. The Bertz CT molecular complexity index is 608. The minimum atomic E-state index is -0.814. The SMILES string of the molecule is CC(C)(NCc1cccc([N+](=O)[O-])c1)[C@@H](O)c1ccco1. The number of hydrogen-bond donors (Lipinski definition) is 2. The molecule has 1 atom stereocenters. The van der Waals surface area contributed by atoms with Gasteiger partial charge in [0.25, 0.3) is 5.69 Å². The lowest BCUT2D eigenvalue weighted by atomic mass is 9.95. The number of nitrogens with one attached hydrogen (secondary N) is 1. The van der Waals surface area contributed by atoms with Crippen LogP contribution in [-0.4, -0.2) is 15.6 Å². The molecule has 2 aromatic rings. The van der Waals surface area contributed by atoms with Crippen molar-refractivity contribution in [3.63, 3.8) is 0 Å². The number of nitro groups is 1. The summed E-state index contributed by atoms with van der Waals surface area (Å²) in [6, 6.07) is 9.84. The molecule has 0 aliphatic heterocycles. The van der Waals surface area contributed by atoms with E-state index in [0.29, 0.717) is 12.3 Å². The van der Waals surface area contributed by atoms with Crippen molar-refractivity contribution in [3.05, 3.63) is 64.1 Å². The van der Waals surface area contributed by atoms with Gasteiger partial charge in [0.15, 0.2) is 0 Å². The van der Waals surface area contributed by atoms with Crippen LogP contribution >= 0.6 is 0 Å². The average Bonchev–Trinajstić information content (AvgIpc) is 2.98. The topological polar surface area (TPSA) is 88.5 Å². The lowest BCUT2D eigenvalue weighted by molar-refractivity contribution is -0.384. The molecule has 2 rings (SSSR count). The second-order valence-electron chi connectivity index (χ2n) is 5.42. The highest BCUT2D eigenvalue weighted by Gasteiger charge is 2.30. The predicted molar refractivity (Wildman–Crippen MR) is 77.7 cm³/mol. The molecule has 0 fully saturated rings. The number of aliphatic hydroxyl groups is 1. The number of aliphatic hydroxyl groups excluding tert-OH is 1. The average molecular weight is 290 g/mol. The third-order valence-electron chi connectivity index (χ3n) is 3.37. The van der Waals surface area contributed by atoms with Gasteiger partial charge in [0, 0.05) is 24.2 Å². The quantitative estimate of drug-likeness (QED) is 0.631. The number of furan rings is 1. The number of nitro benzene ring substituents is 1. The van der Waals surface area contributed by atoms with Crippen molar-refractivity contribution < 1.29 is 14.4 Å². The first-order valence-electron chi connectivity index (χ1n) is 6.60. The van der Waals surface area contributed by atoms with E-state index < -0.39 is 16.6 Å². The molecule has 2 N–H and O–H groups in total. The van der Waals surface area contributed by atoms with Crippen LogP contribution in [0.2, 0.25) is 0 Å². The molecule has 6 heteroatoms. The summed E-state index contributed by atoms with van der Waals surface area (Å²) in [5, 5.41) is 24.2. The molecule has 112 valence electrons. The zero-order valence-electron chi connectivity index (χ0n) is 11.9. The van der Waals surface area contributed by atoms with Crippen LogP contribution in [0.4, 0.5) is 5.69 Å². The van der Waals surface area contributed by atoms with Crippen LogP contribution in [0.1, 0.15) is 31.3 Å². The molecule has 6 nitrogen and oxygen atoms in total. The molecule has 1 aromatic heterocycles. The first kappa shape index (κ1) is 15.2. The van der Waals surface area contributed by atoms with Crippen LogP contribution in [0, 0.1) is 10.1 Å². The number of nitrogens with zero attached hydrogens (tertiary/aromatic N) is 1. The molecule has 1 heterocycles. The summed E-state index contributed by atoms with van der Waals surface area (Å²) in [4.78, 5) is 10.3. The van der Waals surface area contributed by atoms with Gasteiger partial charge in [0.2, 0.25) is 0 Å². The van der Waals surface area contributed by atoms with E-state index in [0.717, 1.165) is 5.56 Å². The van der Waals surface area contributed by atoms with Crippen LogP contribution in [0.25, 0.3) is 0 Å². The van der Waals surface area contributed by atoms with Crippen LogP contribution in [0.3, 0.4) is 0 Å². The zero-order valence-corrected chi connectivity index (χ0v) is 11.9. The number of benzene rings is 1. The van der Waals surface area contributed by atoms with E-state index in [1.54, 1.807) is 24.3 Å². The highest BCUT2D eigenvalue weighted by molar-refractivity contribution is 5.34. The minimum absolute atomic E-state index is 0.0543. The van der Waals surface area contributed by atoms with E-state index in [4.69, 9.17) is 4.42 Å². The Balaban J connectivity index is 2.04. The van der Waals surface area contributed by atoms with Gasteiger partial charge in [-0.05, 0) is 31.5 Å². The molecule has 1 aromatic carbocycles. The van der Waals surface area contributed by atoms with Crippen LogP contribution in [0.5, 0.6) is 0 Å². The first-order chi connectivity index (χ1) is 9.90. The fourth-order valence-corrected chi connectivity index (χ4v) is 2.01. The van der Waals surface area contributed by atoms with Gasteiger partial charge in [-0.1, -0.05) is 12.1 Å². The van der Waals surface area contributed by atoms with Crippen LogP contribution in [-0.2, 0) is 6.54 Å². The zero-order chi connectivity index (χ0) is 15.5. The number of hydrogen-bond acceptors (Lipinski definition) is 5. The third kappa shape index (κ3) is 3.68. The highest BCUT2D eigenvalue weighted by Crippen LogP contribution is 2.26. The normalized spacial score (nSPS) is 13.1. The third-order valence-corrected chi connectivity index (χ3v) is 3.37. The molecule has 0 aliphatic carbocycles. The Morgan fingerprint density at radius 2 is 2.14 bits per heavy atom. The van der Waals surface area contributed by atoms with Gasteiger partial charge in [-0.25, -0.2) is 0 Å². The molecule has 0 amide bonds. The molecular weight excluding hydrogens is 272 g/mol. The minimum Gasteiger partial charge on any atom is -0.467 e. The Kier molecular flexibility index (Phi) is 4.40. The summed E-state index contributed by atoms with van der Waals surface area (Å²) in [5.74, 6) is 0.478. The van der Waals surface area contributed by atoms with Gasteiger partial charge in [-0.3, -0.25) is 10.1 Å².